The fourth-order valence-electron chi connectivity index (χ4n) is 7.79. The van der Waals surface area contributed by atoms with Gasteiger partial charge in [0.25, 0.3) is 5.91 Å². The van der Waals surface area contributed by atoms with Crippen molar-refractivity contribution < 1.29 is 22.8 Å². The standard InChI is InChI=1S/C34H45N7O5S/c35-26-10-14-40(15-11-26)47(45,46)29-3-1-2-27(21-29)38-12-8-24(9-13-38)22-37-16-18-39(19-17-37)28-4-5-30-25(20-28)23-41(34(30)44)31-6-7-32(42)36-33(31)43/h1-5,20-21,24,26,31H,6-19,22-23,35H2,(H,36,42,43). The number of nitrogens with one attached hydrogen (secondary N) is 1. The van der Waals surface area contributed by atoms with Gasteiger partial charge in [0, 0.05) is 94.8 Å². The molecule has 5 heterocycles. The Bertz CT molecular complexity index is 1630. The van der Waals surface area contributed by atoms with Gasteiger partial charge in [0.2, 0.25) is 21.8 Å². The molecule has 5 aliphatic heterocycles. The van der Waals surface area contributed by atoms with Gasteiger partial charge in [-0.3, -0.25) is 24.6 Å². The number of sulfonamides is 1. The quantitative estimate of drug-likeness (QED) is 0.423. The molecule has 0 spiro atoms. The van der Waals surface area contributed by atoms with Gasteiger partial charge in [0.15, 0.2) is 0 Å². The van der Waals surface area contributed by atoms with Crippen molar-refractivity contribution in [2.24, 2.45) is 11.7 Å². The van der Waals surface area contributed by atoms with Crippen LogP contribution in [0, 0.1) is 5.92 Å². The number of anilines is 2. The summed E-state index contributed by atoms with van der Waals surface area (Å²) in [5.74, 6) is -0.203. The van der Waals surface area contributed by atoms with Crippen molar-refractivity contribution in [3.63, 3.8) is 0 Å². The monoisotopic (exact) mass is 663 g/mol. The Kier molecular flexibility index (Phi) is 8.98. The number of amides is 3. The van der Waals surface area contributed by atoms with Gasteiger partial charge in [-0.15, -0.1) is 0 Å². The first-order valence-corrected chi connectivity index (χ1v) is 18.5. The maximum atomic E-state index is 13.3. The molecule has 47 heavy (non-hydrogen) atoms. The summed E-state index contributed by atoms with van der Waals surface area (Å²) in [5, 5.41) is 2.37. The molecule has 3 N–H and O–H groups in total. The highest BCUT2D eigenvalue weighted by molar-refractivity contribution is 7.89. The molecule has 0 aliphatic carbocycles. The SMILES string of the molecule is NC1CCN(S(=O)(=O)c2cccc(N3CCC(CN4CCN(c5ccc6c(c5)CN(C5CCC(=O)NC5=O)C6=O)CC4)CC3)c2)CC1. The van der Waals surface area contributed by atoms with E-state index in [1.807, 2.05) is 30.3 Å². The molecule has 13 heteroatoms. The maximum Gasteiger partial charge on any atom is 0.255 e. The number of rotatable bonds is 7. The largest absolute Gasteiger partial charge is 0.371 e. The van der Waals surface area contributed by atoms with Crippen molar-refractivity contribution in [3.05, 3.63) is 53.6 Å². The average molecular weight is 664 g/mol. The zero-order chi connectivity index (χ0) is 32.7. The molecule has 4 fully saturated rings. The summed E-state index contributed by atoms with van der Waals surface area (Å²) in [6.45, 7) is 8.00. The minimum absolute atomic E-state index is 0.0809. The normalized spacial score (nSPS) is 24.1. The van der Waals surface area contributed by atoms with Gasteiger partial charge in [-0.25, -0.2) is 8.42 Å². The summed E-state index contributed by atoms with van der Waals surface area (Å²) in [6.07, 6.45) is 4.16. The Hall–Kier alpha value is -3.52. The molecule has 1 unspecified atom stereocenters. The topological polar surface area (TPSA) is 140 Å². The van der Waals surface area contributed by atoms with E-state index in [2.05, 4.69) is 26.1 Å². The highest BCUT2D eigenvalue weighted by Crippen LogP contribution is 2.32. The number of nitrogens with zero attached hydrogens (tertiary/aromatic N) is 5. The fourth-order valence-corrected chi connectivity index (χ4v) is 9.30. The van der Waals surface area contributed by atoms with E-state index in [9.17, 15) is 22.8 Å². The molecule has 2 aromatic rings. The summed E-state index contributed by atoms with van der Waals surface area (Å²) in [5.41, 5.74) is 9.64. The second-order valence-electron chi connectivity index (χ2n) is 13.7. The van der Waals surface area contributed by atoms with Gasteiger partial charge >= 0.3 is 0 Å². The number of fused-ring (bicyclic) bond motifs is 1. The summed E-state index contributed by atoms with van der Waals surface area (Å²) >= 11 is 0. The van der Waals surface area contributed by atoms with Crippen molar-refractivity contribution in [3.8, 4) is 0 Å². The van der Waals surface area contributed by atoms with E-state index in [1.165, 1.54) is 0 Å². The number of carbonyl (C=O) groups is 3. The molecule has 5 aliphatic rings. The third-order valence-corrected chi connectivity index (χ3v) is 12.6. The molecule has 2 aromatic carbocycles. The van der Waals surface area contributed by atoms with Crippen LogP contribution in [0.2, 0.25) is 0 Å². The zero-order valence-corrected chi connectivity index (χ0v) is 27.7. The second-order valence-corrected chi connectivity index (χ2v) is 15.6. The molecule has 3 amide bonds. The van der Waals surface area contributed by atoms with E-state index in [0.29, 0.717) is 55.3 Å². The third kappa shape index (κ3) is 6.63. The third-order valence-electron chi connectivity index (χ3n) is 10.7. The lowest BCUT2D eigenvalue weighted by Gasteiger charge is -2.40. The predicted octanol–water partition coefficient (Wildman–Crippen LogP) is 1.60. The minimum Gasteiger partial charge on any atom is -0.371 e. The molecule has 252 valence electrons. The Morgan fingerprint density at radius 3 is 2.21 bits per heavy atom. The molecule has 7 rings (SSSR count). The van der Waals surface area contributed by atoms with Crippen LogP contribution in [-0.2, 0) is 26.2 Å². The van der Waals surface area contributed by atoms with Crippen LogP contribution in [0.1, 0.15) is 54.4 Å². The number of piperidine rings is 3. The first-order chi connectivity index (χ1) is 22.7. The number of carbonyl (C=O) groups excluding carboxylic acids is 3. The Morgan fingerprint density at radius 2 is 1.49 bits per heavy atom. The maximum absolute atomic E-state index is 13.3. The zero-order valence-electron chi connectivity index (χ0n) is 26.9. The van der Waals surface area contributed by atoms with Gasteiger partial charge in [-0.05, 0) is 80.0 Å². The predicted molar refractivity (Wildman–Crippen MR) is 178 cm³/mol. The van der Waals surface area contributed by atoms with E-state index < -0.39 is 16.1 Å². The molecule has 0 bridgehead atoms. The molecule has 1 atom stereocenters. The van der Waals surface area contributed by atoms with Crippen LogP contribution in [0.15, 0.2) is 47.4 Å². The van der Waals surface area contributed by atoms with Gasteiger partial charge in [0.05, 0.1) is 4.90 Å². The number of nitrogens with two attached hydrogens (primary N) is 1. The summed E-state index contributed by atoms with van der Waals surface area (Å²) in [4.78, 5) is 46.3. The van der Waals surface area contributed by atoms with Crippen molar-refractivity contribution in [1.82, 2.24) is 19.4 Å². The molecule has 0 saturated carbocycles. The number of benzene rings is 2. The molecule has 12 nitrogen and oxygen atoms in total. The highest BCUT2D eigenvalue weighted by Gasteiger charge is 2.39. The smallest absolute Gasteiger partial charge is 0.255 e. The van der Waals surface area contributed by atoms with Crippen LogP contribution >= 0.6 is 0 Å². The first-order valence-electron chi connectivity index (χ1n) is 17.0. The van der Waals surface area contributed by atoms with Gasteiger partial charge < -0.3 is 20.4 Å². The highest BCUT2D eigenvalue weighted by atomic mass is 32.2. The average Bonchev–Trinajstić information content (AvgIpc) is 3.40. The lowest BCUT2D eigenvalue weighted by atomic mass is 9.95. The summed E-state index contributed by atoms with van der Waals surface area (Å²) < 4.78 is 28.2. The Balaban J connectivity index is 0.889. The fraction of sp³-hybridized carbons (Fsp3) is 0.559. The molecule has 4 saturated heterocycles. The molecular weight excluding hydrogens is 618 g/mol. The van der Waals surface area contributed by atoms with E-state index >= 15 is 0 Å². The van der Waals surface area contributed by atoms with Crippen molar-refractivity contribution in [2.75, 3.05) is 68.7 Å². The summed E-state index contributed by atoms with van der Waals surface area (Å²) in [7, 11) is -3.52. The van der Waals surface area contributed by atoms with Crippen LogP contribution in [0.5, 0.6) is 0 Å². The first kappa shape index (κ1) is 32.0. The van der Waals surface area contributed by atoms with Gasteiger partial charge in [0.1, 0.15) is 6.04 Å². The van der Waals surface area contributed by atoms with Crippen LogP contribution in [0.25, 0.3) is 0 Å². The van der Waals surface area contributed by atoms with E-state index in [-0.39, 0.29) is 30.2 Å². The molecule has 0 aromatic heterocycles. The number of hydrogen-bond donors (Lipinski definition) is 2. The van der Waals surface area contributed by atoms with E-state index in [4.69, 9.17) is 5.73 Å². The van der Waals surface area contributed by atoms with Crippen LogP contribution in [0.4, 0.5) is 11.4 Å². The number of hydrogen-bond acceptors (Lipinski definition) is 9. The molecular formula is C34H45N7O5S. The van der Waals surface area contributed by atoms with Crippen LogP contribution in [-0.4, -0.2) is 111 Å². The van der Waals surface area contributed by atoms with Crippen molar-refractivity contribution in [1.29, 1.82) is 0 Å². The van der Waals surface area contributed by atoms with Crippen LogP contribution < -0.4 is 20.9 Å². The second kappa shape index (κ2) is 13.2. The Morgan fingerprint density at radius 1 is 0.787 bits per heavy atom. The Labute approximate surface area is 276 Å². The van der Waals surface area contributed by atoms with Crippen molar-refractivity contribution >= 4 is 39.1 Å². The number of imide groups is 1. The van der Waals surface area contributed by atoms with Gasteiger partial charge in [-0.1, -0.05) is 6.07 Å². The summed E-state index contributed by atoms with van der Waals surface area (Å²) in [6, 6.07) is 12.9. The molecule has 0 radical (unpaired) electrons. The van der Waals surface area contributed by atoms with E-state index in [1.54, 1.807) is 15.3 Å². The van der Waals surface area contributed by atoms with Crippen LogP contribution in [0.3, 0.4) is 0 Å². The van der Waals surface area contributed by atoms with Gasteiger partial charge in [-0.2, -0.15) is 4.31 Å². The lowest BCUT2D eigenvalue weighted by molar-refractivity contribution is -0.136. The minimum atomic E-state index is -3.52. The van der Waals surface area contributed by atoms with Crippen molar-refractivity contribution in [2.45, 2.75) is 62.0 Å². The lowest BCUT2D eigenvalue weighted by Crippen LogP contribution is -2.52. The number of piperazine rings is 1. The van der Waals surface area contributed by atoms with E-state index in [0.717, 1.165) is 75.6 Å².